The molecule has 1 atom stereocenters. The first kappa shape index (κ1) is 24.3. The van der Waals surface area contributed by atoms with Crippen molar-refractivity contribution in [1.82, 2.24) is 0 Å². The number of rotatable bonds is 6. The van der Waals surface area contributed by atoms with Crippen LogP contribution in [0.3, 0.4) is 0 Å². The Bertz CT molecular complexity index is 1550. The first-order valence-corrected chi connectivity index (χ1v) is 13.4. The first-order chi connectivity index (χ1) is 18.4. The predicted molar refractivity (Wildman–Crippen MR) is 154 cm³/mol. The van der Waals surface area contributed by atoms with Gasteiger partial charge in [-0.15, -0.1) is 0 Å². The molecule has 0 bridgehead atoms. The molecule has 4 heteroatoms. The second-order valence-corrected chi connectivity index (χ2v) is 11.0. The zero-order valence-electron chi connectivity index (χ0n) is 22.2. The van der Waals surface area contributed by atoms with E-state index in [1.165, 1.54) is 21.9 Å². The summed E-state index contributed by atoms with van der Waals surface area (Å²) in [5, 5.41) is 6.11. The van der Waals surface area contributed by atoms with Crippen molar-refractivity contribution in [2.24, 2.45) is 5.41 Å². The lowest BCUT2D eigenvalue weighted by Crippen LogP contribution is -2.33. The largest absolute Gasteiger partial charge is 0.490 e. The summed E-state index contributed by atoms with van der Waals surface area (Å²) in [6.07, 6.45) is 1.41. The number of fused-ring (bicyclic) bond motifs is 4. The zero-order valence-corrected chi connectivity index (χ0v) is 22.2. The molecule has 192 valence electrons. The van der Waals surface area contributed by atoms with Crippen molar-refractivity contribution >= 4 is 27.8 Å². The first-order valence-electron chi connectivity index (χ1n) is 13.4. The molecule has 0 aromatic heterocycles. The average Bonchev–Trinajstić information content (AvgIpc) is 2.91. The van der Waals surface area contributed by atoms with Crippen LogP contribution in [0.25, 0.3) is 16.3 Å². The number of Topliss-reactive ketones (excluding diaryl/α,β-unsaturated/α-hetero) is 1. The van der Waals surface area contributed by atoms with Crippen LogP contribution in [0.4, 0.5) is 5.69 Å². The highest BCUT2D eigenvalue weighted by molar-refractivity contribution is 6.12. The van der Waals surface area contributed by atoms with Crippen LogP contribution < -0.4 is 14.8 Å². The van der Waals surface area contributed by atoms with Crippen molar-refractivity contribution in [1.29, 1.82) is 0 Å². The summed E-state index contributed by atoms with van der Waals surface area (Å²) in [6, 6.07) is 28.7. The number of ether oxygens (including phenoxy) is 2. The minimum absolute atomic E-state index is 0.0857. The summed E-state index contributed by atoms with van der Waals surface area (Å²) in [7, 11) is 0. The second-order valence-electron chi connectivity index (χ2n) is 11.0. The van der Waals surface area contributed by atoms with Gasteiger partial charge in [-0.25, -0.2) is 0 Å². The molecule has 4 nitrogen and oxygen atoms in total. The van der Waals surface area contributed by atoms with Gasteiger partial charge in [-0.2, -0.15) is 0 Å². The third-order valence-corrected chi connectivity index (χ3v) is 7.58. The standard InChI is InChI=1S/C34H33NO3/c1-4-37-30-18-24(15-17-29(30)38-21-22-10-6-5-7-11-22)33-32-26(19-34(2,3)20-28(32)36)31-25-13-9-8-12-23(25)14-16-27(31)35-33/h5-18,33,35H,4,19-21H2,1-3H3. The Morgan fingerprint density at radius 2 is 1.66 bits per heavy atom. The minimum atomic E-state index is -0.246. The van der Waals surface area contributed by atoms with Crippen molar-refractivity contribution in [2.75, 3.05) is 11.9 Å². The molecule has 1 aliphatic carbocycles. The fourth-order valence-corrected chi connectivity index (χ4v) is 5.91. The molecular formula is C34H33NO3. The van der Waals surface area contributed by atoms with E-state index in [0.29, 0.717) is 31.1 Å². The summed E-state index contributed by atoms with van der Waals surface area (Å²) in [6.45, 7) is 7.36. The number of hydrogen-bond donors (Lipinski definition) is 1. The van der Waals surface area contributed by atoms with Gasteiger partial charge in [0.2, 0.25) is 0 Å². The van der Waals surface area contributed by atoms with Gasteiger partial charge in [0.1, 0.15) is 6.61 Å². The van der Waals surface area contributed by atoms with Crippen molar-refractivity contribution in [3.8, 4) is 11.5 Å². The van der Waals surface area contributed by atoms with Crippen LogP contribution in [0.2, 0.25) is 0 Å². The number of carbonyl (C=O) groups excluding carboxylic acids is 1. The molecule has 0 saturated heterocycles. The molecule has 0 saturated carbocycles. The second kappa shape index (κ2) is 9.68. The number of benzene rings is 4. The van der Waals surface area contributed by atoms with Gasteiger partial charge in [-0.05, 0) is 64.4 Å². The highest BCUT2D eigenvalue weighted by Crippen LogP contribution is 2.52. The van der Waals surface area contributed by atoms with E-state index in [0.717, 1.165) is 28.8 Å². The SMILES string of the molecule is CCOc1cc(C2Nc3ccc4ccccc4c3C3=C2C(=O)CC(C)(C)C3)ccc1OCc1ccccc1. The molecular weight excluding hydrogens is 470 g/mol. The zero-order chi connectivity index (χ0) is 26.3. The maximum atomic E-state index is 13.8. The van der Waals surface area contributed by atoms with Gasteiger partial charge in [0.05, 0.1) is 12.6 Å². The van der Waals surface area contributed by atoms with Crippen molar-refractivity contribution in [3.05, 3.63) is 107 Å². The Balaban J connectivity index is 1.44. The molecule has 6 rings (SSSR count). The van der Waals surface area contributed by atoms with Crippen LogP contribution in [0, 0.1) is 5.41 Å². The third-order valence-electron chi connectivity index (χ3n) is 7.58. The number of hydrogen-bond acceptors (Lipinski definition) is 4. The van der Waals surface area contributed by atoms with Crippen molar-refractivity contribution in [2.45, 2.75) is 46.3 Å². The summed E-state index contributed by atoms with van der Waals surface area (Å²) in [4.78, 5) is 13.8. The minimum Gasteiger partial charge on any atom is -0.490 e. The molecule has 2 aliphatic rings. The Kier molecular flexibility index (Phi) is 6.19. The van der Waals surface area contributed by atoms with Crippen LogP contribution in [0.1, 0.15) is 56.3 Å². The molecule has 1 N–H and O–H groups in total. The van der Waals surface area contributed by atoms with Gasteiger partial charge in [0.15, 0.2) is 17.3 Å². The number of allylic oxidation sites excluding steroid dienone is 1. The van der Waals surface area contributed by atoms with Crippen LogP contribution in [-0.2, 0) is 11.4 Å². The summed E-state index contributed by atoms with van der Waals surface area (Å²) in [5.41, 5.74) is 6.31. The molecule has 1 unspecified atom stereocenters. The van der Waals surface area contributed by atoms with Crippen LogP contribution >= 0.6 is 0 Å². The predicted octanol–water partition coefficient (Wildman–Crippen LogP) is 8.13. The fourth-order valence-electron chi connectivity index (χ4n) is 5.91. The molecule has 0 fully saturated rings. The molecule has 4 aromatic carbocycles. The van der Waals surface area contributed by atoms with E-state index >= 15 is 0 Å². The van der Waals surface area contributed by atoms with Crippen LogP contribution in [0.5, 0.6) is 11.5 Å². The van der Waals surface area contributed by atoms with E-state index in [9.17, 15) is 4.79 Å². The van der Waals surface area contributed by atoms with Crippen molar-refractivity contribution < 1.29 is 14.3 Å². The molecule has 4 aromatic rings. The lowest BCUT2D eigenvalue weighted by molar-refractivity contribution is -0.118. The Labute approximate surface area is 224 Å². The van der Waals surface area contributed by atoms with Crippen molar-refractivity contribution in [3.63, 3.8) is 0 Å². The molecule has 38 heavy (non-hydrogen) atoms. The summed E-state index contributed by atoms with van der Waals surface area (Å²) >= 11 is 0. The van der Waals surface area contributed by atoms with E-state index in [1.807, 2.05) is 49.4 Å². The van der Waals surface area contributed by atoms with Gasteiger partial charge in [0, 0.05) is 23.2 Å². The van der Waals surface area contributed by atoms with Gasteiger partial charge in [0.25, 0.3) is 0 Å². The monoisotopic (exact) mass is 503 g/mol. The highest BCUT2D eigenvalue weighted by atomic mass is 16.5. The topological polar surface area (TPSA) is 47.6 Å². The van der Waals surface area contributed by atoms with E-state index in [2.05, 4.69) is 61.6 Å². The normalized spacial score (nSPS) is 18.0. The van der Waals surface area contributed by atoms with Gasteiger partial charge < -0.3 is 14.8 Å². The van der Waals surface area contributed by atoms with Gasteiger partial charge >= 0.3 is 0 Å². The quantitative estimate of drug-likeness (QED) is 0.289. The van der Waals surface area contributed by atoms with Crippen LogP contribution in [-0.4, -0.2) is 12.4 Å². The van der Waals surface area contributed by atoms with Gasteiger partial charge in [-0.3, -0.25) is 4.79 Å². The molecule has 0 radical (unpaired) electrons. The lowest BCUT2D eigenvalue weighted by atomic mass is 9.68. The Morgan fingerprint density at radius 1 is 0.868 bits per heavy atom. The van der Waals surface area contributed by atoms with Crippen LogP contribution in [0.15, 0.2) is 90.5 Å². The molecule has 1 heterocycles. The maximum Gasteiger partial charge on any atom is 0.162 e. The lowest BCUT2D eigenvalue weighted by Gasteiger charge is -2.40. The highest BCUT2D eigenvalue weighted by Gasteiger charge is 2.41. The number of carbonyl (C=O) groups is 1. The molecule has 0 amide bonds. The number of anilines is 1. The van der Waals surface area contributed by atoms with E-state index in [4.69, 9.17) is 9.47 Å². The summed E-state index contributed by atoms with van der Waals surface area (Å²) in [5.74, 6) is 1.61. The maximum absolute atomic E-state index is 13.8. The number of ketones is 1. The van der Waals surface area contributed by atoms with Gasteiger partial charge in [-0.1, -0.05) is 80.6 Å². The number of nitrogens with one attached hydrogen (secondary N) is 1. The Hall–Kier alpha value is -4.05. The molecule has 1 aliphatic heterocycles. The average molecular weight is 504 g/mol. The third kappa shape index (κ3) is 4.45. The molecule has 0 spiro atoms. The Morgan fingerprint density at radius 3 is 2.47 bits per heavy atom. The summed E-state index contributed by atoms with van der Waals surface area (Å²) < 4.78 is 12.2. The van der Waals surface area contributed by atoms with E-state index in [1.54, 1.807) is 0 Å². The fraction of sp³-hybridized carbons (Fsp3) is 0.265. The van der Waals surface area contributed by atoms with E-state index in [-0.39, 0.29) is 17.2 Å². The van der Waals surface area contributed by atoms with E-state index < -0.39 is 0 Å². The smallest absolute Gasteiger partial charge is 0.162 e.